The lowest BCUT2D eigenvalue weighted by Crippen LogP contribution is -2.22. The Bertz CT molecular complexity index is 953. The summed E-state index contributed by atoms with van der Waals surface area (Å²) in [5.74, 6) is 0.278. The normalized spacial score (nSPS) is 10.9. The fourth-order valence-electron chi connectivity index (χ4n) is 2.22. The molecule has 0 spiro atoms. The standard InChI is InChI=1S/C17H13ClN2O2S/c1-11(21)10-23-17-19-15-8-3-2-7-14(15)16(22)20(17)13-6-4-5-12(18)9-13/h2-9H,10H2,1H3. The highest BCUT2D eigenvalue weighted by atomic mass is 35.5. The summed E-state index contributed by atoms with van der Waals surface area (Å²) in [7, 11) is 0. The van der Waals surface area contributed by atoms with Crippen LogP contribution in [0.3, 0.4) is 0 Å². The second-order valence-corrected chi connectivity index (χ2v) is 6.40. The van der Waals surface area contributed by atoms with Crippen LogP contribution in [0.5, 0.6) is 0 Å². The van der Waals surface area contributed by atoms with Crippen molar-refractivity contribution in [2.24, 2.45) is 0 Å². The molecule has 3 aromatic rings. The number of Topliss-reactive ketones (excluding diaryl/α,β-unsaturated/α-hetero) is 1. The maximum absolute atomic E-state index is 12.9. The molecule has 4 nitrogen and oxygen atoms in total. The molecule has 1 heterocycles. The molecule has 0 atom stereocenters. The van der Waals surface area contributed by atoms with E-state index in [9.17, 15) is 9.59 Å². The number of benzene rings is 2. The number of ketones is 1. The lowest BCUT2D eigenvalue weighted by Gasteiger charge is -2.13. The van der Waals surface area contributed by atoms with Gasteiger partial charge in [0.1, 0.15) is 5.78 Å². The Kier molecular flexibility index (Phi) is 4.50. The highest BCUT2D eigenvalue weighted by Gasteiger charge is 2.14. The number of hydrogen-bond donors (Lipinski definition) is 0. The second kappa shape index (κ2) is 6.56. The molecule has 6 heteroatoms. The molecule has 2 aromatic carbocycles. The second-order valence-electron chi connectivity index (χ2n) is 5.02. The largest absolute Gasteiger partial charge is 0.299 e. The van der Waals surface area contributed by atoms with Gasteiger partial charge in [0.15, 0.2) is 5.16 Å². The SMILES string of the molecule is CC(=O)CSc1nc2ccccc2c(=O)n1-c1cccc(Cl)c1. The molecule has 116 valence electrons. The van der Waals surface area contributed by atoms with E-state index in [1.54, 1.807) is 42.5 Å². The van der Waals surface area contributed by atoms with Gasteiger partial charge in [-0.3, -0.25) is 14.2 Å². The smallest absolute Gasteiger partial charge is 0.266 e. The Morgan fingerprint density at radius 1 is 1.22 bits per heavy atom. The van der Waals surface area contributed by atoms with Gasteiger partial charge in [0.25, 0.3) is 5.56 Å². The van der Waals surface area contributed by atoms with Crippen molar-refractivity contribution in [1.82, 2.24) is 9.55 Å². The van der Waals surface area contributed by atoms with E-state index in [-0.39, 0.29) is 17.1 Å². The Hall–Kier alpha value is -2.11. The molecule has 0 bridgehead atoms. The first-order valence-electron chi connectivity index (χ1n) is 6.96. The van der Waals surface area contributed by atoms with Gasteiger partial charge in [-0.05, 0) is 37.3 Å². The molecule has 0 saturated heterocycles. The lowest BCUT2D eigenvalue weighted by molar-refractivity contribution is -0.114. The van der Waals surface area contributed by atoms with Crippen molar-refractivity contribution in [2.75, 3.05) is 5.75 Å². The van der Waals surface area contributed by atoms with Crippen molar-refractivity contribution in [1.29, 1.82) is 0 Å². The molecule has 0 radical (unpaired) electrons. The first-order chi connectivity index (χ1) is 11.1. The van der Waals surface area contributed by atoms with Crippen LogP contribution in [0.15, 0.2) is 58.5 Å². The van der Waals surface area contributed by atoms with Crippen LogP contribution in [0, 0.1) is 0 Å². The molecule has 0 aliphatic carbocycles. The van der Waals surface area contributed by atoms with E-state index in [0.717, 1.165) is 0 Å². The third-order valence-corrected chi connectivity index (χ3v) is 4.53. The van der Waals surface area contributed by atoms with Gasteiger partial charge < -0.3 is 0 Å². The van der Waals surface area contributed by atoms with Crippen LogP contribution in [0.25, 0.3) is 16.6 Å². The molecule has 0 aliphatic rings. The van der Waals surface area contributed by atoms with Crippen molar-refractivity contribution in [2.45, 2.75) is 12.1 Å². The number of aromatic nitrogens is 2. The fraction of sp³-hybridized carbons (Fsp3) is 0.118. The van der Waals surface area contributed by atoms with Crippen molar-refractivity contribution in [3.63, 3.8) is 0 Å². The van der Waals surface area contributed by atoms with Crippen molar-refractivity contribution in [3.05, 3.63) is 63.9 Å². The summed E-state index contributed by atoms with van der Waals surface area (Å²) in [5.41, 5.74) is 1.07. The van der Waals surface area contributed by atoms with Gasteiger partial charge in [0, 0.05) is 5.02 Å². The van der Waals surface area contributed by atoms with Gasteiger partial charge in [-0.15, -0.1) is 0 Å². The third kappa shape index (κ3) is 3.30. The van der Waals surface area contributed by atoms with Crippen LogP contribution in [0.1, 0.15) is 6.92 Å². The minimum absolute atomic E-state index is 0.0232. The number of carbonyl (C=O) groups excluding carboxylic acids is 1. The Morgan fingerprint density at radius 2 is 2.00 bits per heavy atom. The van der Waals surface area contributed by atoms with Crippen LogP contribution >= 0.6 is 23.4 Å². The third-order valence-electron chi connectivity index (χ3n) is 3.22. The molecule has 0 amide bonds. The van der Waals surface area contributed by atoms with Gasteiger partial charge >= 0.3 is 0 Å². The summed E-state index contributed by atoms with van der Waals surface area (Å²) < 4.78 is 1.50. The summed E-state index contributed by atoms with van der Waals surface area (Å²) in [6, 6.07) is 14.2. The summed E-state index contributed by atoms with van der Waals surface area (Å²) in [6.45, 7) is 1.51. The Balaban J connectivity index is 2.27. The number of halogens is 1. The molecule has 0 saturated carbocycles. The molecule has 0 aliphatic heterocycles. The zero-order chi connectivity index (χ0) is 16.4. The minimum atomic E-state index is -0.177. The van der Waals surface area contributed by atoms with E-state index < -0.39 is 0 Å². The quantitative estimate of drug-likeness (QED) is 0.534. The van der Waals surface area contributed by atoms with Crippen molar-refractivity contribution >= 4 is 40.0 Å². The number of rotatable bonds is 4. The van der Waals surface area contributed by atoms with E-state index in [1.807, 2.05) is 6.07 Å². The zero-order valence-corrected chi connectivity index (χ0v) is 13.9. The van der Waals surface area contributed by atoms with Crippen LogP contribution in [0.2, 0.25) is 5.02 Å². The zero-order valence-electron chi connectivity index (χ0n) is 12.3. The molecular weight excluding hydrogens is 332 g/mol. The average molecular weight is 345 g/mol. The van der Waals surface area contributed by atoms with Crippen LogP contribution < -0.4 is 5.56 Å². The highest BCUT2D eigenvalue weighted by molar-refractivity contribution is 7.99. The first kappa shape index (κ1) is 15.8. The van der Waals surface area contributed by atoms with E-state index >= 15 is 0 Å². The number of nitrogens with zero attached hydrogens (tertiary/aromatic N) is 2. The van der Waals surface area contributed by atoms with Gasteiger partial charge in [-0.2, -0.15) is 0 Å². The fourth-order valence-corrected chi connectivity index (χ4v) is 3.22. The van der Waals surface area contributed by atoms with Crippen LogP contribution in [-0.2, 0) is 4.79 Å². The molecule has 23 heavy (non-hydrogen) atoms. The molecule has 0 N–H and O–H groups in total. The number of carbonyl (C=O) groups is 1. The van der Waals surface area contributed by atoms with Crippen LogP contribution in [0.4, 0.5) is 0 Å². The molecule has 0 fully saturated rings. The summed E-state index contributed by atoms with van der Waals surface area (Å²) in [5, 5.41) is 1.54. The number of hydrogen-bond acceptors (Lipinski definition) is 4. The molecule has 1 aromatic heterocycles. The van der Waals surface area contributed by atoms with E-state index in [1.165, 1.54) is 23.3 Å². The number of fused-ring (bicyclic) bond motifs is 1. The maximum Gasteiger partial charge on any atom is 0.266 e. The summed E-state index contributed by atoms with van der Waals surface area (Å²) >= 11 is 7.29. The van der Waals surface area contributed by atoms with Crippen LogP contribution in [-0.4, -0.2) is 21.1 Å². The summed E-state index contributed by atoms with van der Waals surface area (Å²) in [6.07, 6.45) is 0. The average Bonchev–Trinajstić information content (AvgIpc) is 2.53. The topological polar surface area (TPSA) is 52.0 Å². The maximum atomic E-state index is 12.9. The lowest BCUT2D eigenvalue weighted by atomic mass is 10.2. The predicted molar refractivity (Wildman–Crippen MR) is 93.8 cm³/mol. The van der Waals surface area contributed by atoms with E-state index in [2.05, 4.69) is 4.98 Å². The number of para-hydroxylation sites is 1. The monoisotopic (exact) mass is 344 g/mol. The summed E-state index contributed by atoms with van der Waals surface area (Å²) in [4.78, 5) is 28.7. The van der Waals surface area contributed by atoms with Gasteiger partial charge in [0.05, 0.1) is 22.3 Å². The van der Waals surface area contributed by atoms with Crippen molar-refractivity contribution in [3.8, 4) is 5.69 Å². The Labute approximate surface area is 142 Å². The van der Waals surface area contributed by atoms with E-state index in [4.69, 9.17) is 11.6 Å². The molecular formula is C17H13ClN2O2S. The minimum Gasteiger partial charge on any atom is -0.299 e. The first-order valence-corrected chi connectivity index (χ1v) is 8.32. The van der Waals surface area contributed by atoms with E-state index in [0.29, 0.717) is 26.8 Å². The van der Waals surface area contributed by atoms with Crippen molar-refractivity contribution < 1.29 is 4.79 Å². The highest BCUT2D eigenvalue weighted by Crippen LogP contribution is 2.22. The Morgan fingerprint density at radius 3 is 2.74 bits per heavy atom. The van der Waals surface area contributed by atoms with Gasteiger partial charge in [-0.25, -0.2) is 4.98 Å². The predicted octanol–water partition coefficient (Wildman–Crippen LogP) is 3.72. The molecule has 0 unspecified atom stereocenters. The number of thioether (sulfide) groups is 1. The van der Waals surface area contributed by atoms with Gasteiger partial charge in [-0.1, -0.05) is 41.6 Å². The molecule has 3 rings (SSSR count). The van der Waals surface area contributed by atoms with Gasteiger partial charge in [0.2, 0.25) is 0 Å².